The lowest BCUT2D eigenvalue weighted by atomic mass is 9.94. The molecule has 60 valence electrons. The van der Waals surface area contributed by atoms with E-state index in [0.717, 1.165) is 19.3 Å². The van der Waals surface area contributed by atoms with Crippen LogP contribution < -0.4 is 0 Å². The van der Waals surface area contributed by atoms with Gasteiger partial charge in [-0.3, -0.25) is 4.79 Å². The lowest BCUT2D eigenvalue weighted by Crippen LogP contribution is -2.29. The molecule has 1 unspecified atom stereocenters. The summed E-state index contributed by atoms with van der Waals surface area (Å²) in [7, 11) is 0. The lowest BCUT2D eigenvalue weighted by Gasteiger charge is -2.29. The second kappa shape index (κ2) is 2.36. The van der Waals surface area contributed by atoms with Gasteiger partial charge in [-0.25, -0.2) is 0 Å². The Morgan fingerprint density at radius 1 is 1.45 bits per heavy atom. The van der Waals surface area contributed by atoms with E-state index in [9.17, 15) is 4.79 Å². The highest BCUT2D eigenvalue weighted by Gasteiger charge is 2.39. The number of carbonyl (C=O) groups excluding carboxylic acids is 1. The molecule has 2 rings (SSSR count). The van der Waals surface area contributed by atoms with Crippen molar-refractivity contribution in [1.82, 2.24) is 0 Å². The Bertz CT molecular complexity index is 204. The van der Waals surface area contributed by atoms with E-state index < -0.39 is 0 Å². The fourth-order valence-corrected chi connectivity index (χ4v) is 1.88. The summed E-state index contributed by atoms with van der Waals surface area (Å²) in [6.45, 7) is 0. The molecule has 0 radical (unpaired) electrons. The van der Waals surface area contributed by atoms with Gasteiger partial charge >= 0.3 is 0 Å². The average Bonchev–Trinajstić information content (AvgIpc) is 2.34. The van der Waals surface area contributed by atoms with Crippen molar-refractivity contribution in [2.45, 2.75) is 37.7 Å². The minimum absolute atomic E-state index is 0.0914. The van der Waals surface area contributed by atoms with Crippen molar-refractivity contribution in [2.24, 2.45) is 0 Å². The van der Waals surface area contributed by atoms with Gasteiger partial charge in [-0.2, -0.15) is 0 Å². The van der Waals surface area contributed by atoms with Crippen molar-refractivity contribution in [3.8, 4) is 0 Å². The fraction of sp³-hybridized carbons (Fsp3) is 0.667. The molecule has 2 aliphatic rings. The van der Waals surface area contributed by atoms with Crippen LogP contribution in [0.3, 0.4) is 0 Å². The summed E-state index contributed by atoms with van der Waals surface area (Å²) in [5.74, 6) is 0.361. The maximum atomic E-state index is 11.0. The van der Waals surface area contributed by atoms with E-state index >= 15 is 0 Å². The van der Waals surface area contributed by atoms with E-state index in [1.165, 1.54) is 0 Å². The maximum Gasteiger partial charge on any atom is 0.137 e. The van der Waals surface area contributed by atoms with E-state index in [4.69, 9.17) is 4.74 Å². The van der Waals surface area contributed by atoms with Crippen LogP contribution in [0, 0.1) is 0 Å². The molecule has 0 aromatic carbocycles. The van der Waals surface area contributed by atoms with Gasteiger partial charge in [-0.05, 0) is 25.3 Å². The predicted octanol–water partition coefficient (Wildman–Crippen LogP) is 1.80. The van der Waals surface area contributed by atoms with Crippen LogP contribution in [0.15, 0.2) is 12.3 Å². The van der Waals surface area contributed by atoms with E-state index in [1.807, 2.05) is 6.08 Å². The van der Waals surface area contributed by atoms with Crippen LogP contribution in [0.5, 0.6) is 0 Å². The van der Waals surface area contributed by atoms with Crippen molar-refractivity contribution in [3.63, 3.8) is 0 Å². The van der Waals surface area contributed by atoms with Crippen LogP contribution in [-0.4, -0.2) is 11.4 Å². The van der Waals surface area contributed by atoms with Gasteiger partial charge in [0.05, 0.1) is 6.26 Å². The van der Waals surface area contributed by atoms with Crippen molar-refractivity contribution in [2.75, 3.05) is 0 Å². The van der Waals surface area contributed by atoms with Crippen LogP contribution in [0.4, 0.5) is 0 Å². The zero-order valence-corrected chi connectivity index (χ0v) is 6.51. The molecule has 0 aromatic heterocycles. The highest BCUT2D eigenvalue weighted by molar-refractivity contribution is 5.82. The number of ether oxygens (including phenoxy) is 1. The maximum absolute atomic E-state index is 11.0. The zero-order valence-electron chi connectivity index (χ0n) is 6.51. The molecule has 0 saturated heterocycles. The van der Waals surface area contributed by atoms with Crippen LogP contribution in [-0.2, 0) is 9.53 Å². The fourth-order valence-electron chi connectivity index (χ4n) is 1.88. The molecule has 1 aliphatic carbocycles. The normalized spacial score (nSPS) is 36.2. The molecule has 0 bridgehead atoms. The van der Waals surface area contributed by atoms with Crippen molar-refractivity contribution in [1.29, 1.82) is 0 Å². The quantitative estimate of drug-likeness (QED) is 0.529. The summed E-state index contributed by atoms with van der Waals surface area (Å²) in [6.07, 6.45) is 8.14. The van der Waals surface area contributed by atoms with Gasteiger partial charge in [0.2, 0.25) is 0 Å². The summed E-state index contributed by atoms with van der Waals surface area (Å²) in [4.78, 5) is 11.0. The van der Waals surface area contributed by atoms with E-state index in [1.54, 1.807) is 6.26 Å². The van der Waals surface area contributed by atoms with E-state index in [-0.39, 0.29) is 5.60 Å². The Morgan fingerprint density at radius 3 is 2.91 bits per heavy atom. The Balaban J connectivity index is 2.11. The number of allylic oxidation sites excluding steroid dienone is 1. The van der Waals surface area contributed by atoms with Crippen molar-refractivity contribution in [3.05, 3.63) is 12.3 Å². The summed E-state index contributed by atoms with van der Waals surface area (Å²) < 4.78 is 5.50. The molecule has 0 aromatic rings. The summed E-state index contributed by atoms with van der Waals surface area (Å²) in [5.41, 5.74) is -0.0914. The molecular weight excluding hydrogens is 140 g/mol. The lowest BCUT2D eigenvalue weighted by molar-refractivity contribution is -0.119. The number of hydrogen-bond acceptors (Lipinski definition) is 2. The van der Waals surface area contributed by atoms with Crippen LogP contribution >= 0.6 is 0 Å². The van der Waals surface area contributed by atoms with Crippen LogP contribution in [0.1, 0.15) is 32.1 Å². The molecule has 1 heterocycles. The third kappa shape index (κ3) is 1.17. The molecule has 2 heteroatoms. The summed E-state index contributed by atoms with van der Waals surface area (Å²) in [5, 5.41) is 0. The second-order valence-electron chi connectivity index (χ2n) is 3.43. The van der Waals surface area contributed by atoms with Gasteiger partial charge < -0.3 is 4.74 Å². The molecular formula is C9H12O2. The third-order valence-electron chi connectivity index (χ3n) is 2.56. The van der Waals surface area contributed by atoms with E-state index in [0.29, 0.717) is 18.6 Å². The molecule has 1 saturated carbocycles. The molecule has 0 N–H and O–H groups in total. The smallest absolute Gasteiger partial charge is 0.137 e. The molecule has 1 spiro atoms. The van der Waals surface area contributed by atoms with Gasteiger partial charge in [-0.1, -0.05) is 0 Å². The second-order valence-corrected chi connectivity index (χ2v) is 3.43. The predicted molar refractivity (Wildman–Crippen MR) is 41.0 cm³/mol. The van der Waals surface area contributed by atoms with Gasteiger partial charge in [0, 0.05) is 12.8 Å². The molecule has 0 amide bonds. The van der Waals surface area contributed by atoms with Crippen LogP contribution in [0.2, 0.25) is 0 Å². The number of ketones is 1. The Kier molecular flexibility index (Phi) is 1.48. The van der Waals surface area contributed by atoms with Crippen LogP contribution in [0.25, 0.3) is 0 Å². The van der Waals surface area contributed by atoms with Gasteiger partial charge in [-0.15, -0.1) is 0 Å². The molecule has 2 nitrogen and oxygen atoms in total. The number of Topliss-reactive ketones (excluding diaryl/α,β-unsaturated/α-hetero) is 1. The minimum Gasteiger partial charge on any atom is -0.495 e. The highest BCUT2D eigenvalue weighted by atomic mass is 16.5. The molecule has 11 heavy (non-hydrogen) atoms. The van der Waals surface area contributed by atoms with Crippen molar-refractivity contribution < 1.29 is 9.53 Å². The van der Waals surface area contributed by atoms with Gasteiger partial charge in [0.15, 0.2) is 0 Å². The first-order valence-electron chi connectivity index (χ1n) is 4.15. The van der Waals surface area contributed by atoms with Crippen molar-refractivity contribution >= 4 is 5.78 Å². The topological polar surface area (TPSA) is 26.3 Å². The Hall–Kier alpha value is -0.790. The Morgan fingerprint density at radius 2 is 2.36 bits per heavy atom. The molecule has 1 atom stereocenters. The minimum atomic E-state index is -0.0914. The number of carbonyl (C=O) groups is 1. The summed E-state index contributed by atoms with van der Waals surface area (Å²) >= 11 is 0. The first-order chi connectivity index (χ1) is 5.31. The SMILES string of the molecule is O=C1CCC2(CCC=CO2)C1. The largest absolute Gasteiger partial charge is 0.495 e. The Labute approximate surface area is 66.2 Å². The zero-order chi connectivity index (χ0) is 7.73. The molecule has 1 aliphatic heterocycles. The number of rotatable bonds is 0. The molecule has 1 fully saturated rings. The first kappa shape index (κ1) is 6.89. The summed E-state index contributed by atoms with van der Waals surface area (Å²) in [6, 6.07) is 0. The standard InChI is InChI=1S/C9H12O2/c10-8-3-5-9(7-8)4-1-2-6-11-9/h2,6H,1,3-5,7H2. The van der Waals surface area contributed by atoms with E-state index in [2.05, 4.69) is 0 Å². The van der Waals surface area contributed by atoms with Gasteiger partial charge in [0.1, 0.15) is 11.4 Å². The monoisotopic (exact) mass is 152 g/mol. The third-order valence-corrected chi connectivity index (χ3v) is 2.56. The van der Waals surface area contributed by atoms with Gasteiger partial charge in [0.25, 0.3) is 0 Å². The average molecular weight is 152 g/mol. The first-order valence-corrected chi connectivity index (χ1v) is 4.15. The highest BCUT2D eigenvalue weighted by Crippen LogP contribution is 2.37. The number of hydrogen-bond donors (Lipinski definition) is 0.